The average molecular weight is 422 g/mol. The van der Waals surface area contributed by atoms with Crippen LogP contribution in [0.2, 0.25) is 0 Å². The fraction of sp³-hybridized carbons (Fsp3) is 0.652. The second-order valence-corrected chi connectivity index (χ2v) is 9.20. The molecule has 30 heavy (non-hydrogen) atoms. The molecule has 3 fully saturated rings. The number of nitrogens with zero attached hydrogens (tertiary/aromatic N) is 1. The number of alkyl halides is 3. The van der Waals surface area contributed by atoms with Crippen LogP contribution in [-0.4, -0.2) is 36.9 Å². The highest BCUT2D eigenvalue weighted by Gasteiger charge is 2.36. The molecular formula is C23H29F3N2O2. The van der Waals surface area contributed by atoms with Crippen LogP contribution in [0, 0.1) is 5.92 Å². The summed E-state index contributed by atoms with van der Waals surface area (Å²) in [6, 6.07) is 3.57. The van der Waals surface area contributed by atoms with Crippen molar-refractivity contribution in [1.29, 1.82) is 0 Å². The topological polar surface area (TPSA) is 50.7 Å². The molecule has 2 saturated carbocycles. The lowest BCUT2D eigenvalue weighted by atomic mass is 9.91. The number of benzene rings is 1. The summed E-state index contributed by atoms with van der Waals surface area (Å²) in [6.45, 7) is 3.42. The number of carbonyl (C=O) groups is 1. The van der Waals surface area contributed by atoms with E-state index in [1.165, 1.54) is 18.9 Å². The van der Waals surface area contributed by atoms with E-state index in [1.807, 2.05) is 0 Å². The van der Waals surface area contributed by atoms with Gasteiger partial charge in [-0.3, -0.25) is 4.79 Å². The van der Waals surface area contributed by atoms with E-state index in [-0.39, 0.29) is 29.0 Å². The molecule has 3 aliphatic rings. The van der Waals surface area contributed by atoms with Gasteiger partial charge in [-0.05, 0) is 68.7 Å². The molecule has 0 radical (unpaired) electrons. The van der Waals surface area contributed by atoms with Gasteiger partial charge in [0.05, 0.1) is 12.2 Å². The fourth-order valence-corrected chi connectivity index (χ4v) is 4.73. The Labute approximate surface area is 175 Å². The quantitative estimate of drug-likeness (QED) is 0.670. The summed E-state index contributed by atoms with van der Waals surface area (Å²) in [7, 11) is 0. The summed E-state index contributed by atoms with van der Waals surface area (Å²) in [5.74, 6) is -0.475. The van der Waals surface area contributed by atoms with Gasteiger partial charge in [-0.2, -0.15) is 13.2 Å². The standard InChI is InChI=1S/C23H29F3N2O2/c1-22(9-2-3-10-22)28-20-8-11-30-14-16(20)13-27-21(29)18-7-6-17(23(24,25)26)12-19(18)15-4-5-15/h6-7,12-13,15-16,20,28H,2-5,8-11,14H2,1H3/t16?,20-/m1/s1. The molecule has 1 heterocycles. The second-order valence-electron chi connectivity index (χ2n) is 9.20. The van der Waals surface area contributed by atoms with Crippen LogP contribution in [-0.2, 0) is 10.9 Å². The van der Waals surface area contributed by atoms with Crippen LogP contribution in [0.3, 0.4) is 0 Å². The predicted molar refractivity (Wildman–Crippen MR) is 109 cm³/mol. The Bertz CT molecular complexity index is 811. The number of carbonyl (C=O) groups excluding carboxylic acids is 1. The summed E-state index contributed by atoms with van der Waals surface area (Å²) in [6.07, 6.45) is 4.44. The molecule has 1 aliphatic heterocycles. The number of nitrogens with one attached hydrogen (secondary N) is 1. The summed E-state index contributed by atoms with van der Waals surface area (Å²) < 4.78 is 44.8. The lowest BCUT2D eigenvalue weighted by Crippen LogP contribution is -2.52. The highest BCUT2D eigenvalue weighted by molar-refractivity contribution is 6.00. The summed E-state index contributed by atoms with van der Waals surface area (Å²) in [5.41, 5.74) is 0.162. The van der Waals surface area contributed by atoms with Gasteiger partial charge in [0.2, 0.25) is 0 Å². The van der Waals surface area contributed by atoms with Crippen LogP contribution in [0.15, 0.2) is 23.2 Å². The zero-order valence-electron chi connectivity index (χ0n) is 17.3. The molecule has 1 saturated heterocycles. The van der Waals surface area contributed by atoms with Gasteiger partial charge >= 0.3 is 6.18 Å². The third-order valence-electron chi connectivity index (χ3n) is 6.65. The molecule has 1 unspecified atom stereocenters. The van der Waals surface area contributed by atoms with Gasteiger partial charge in [-0.1, -0.05) is 12.8 Å². The molecule has 2 aliphatic carbocycles. The van der Waals surface area contributed by atoms with E-state index < -0.39 is 17.6 Å². The molecule has 0 bridgehead atoms. The number of aliphatic imine (C=N–C) groups is 1. The molecule has 1 N–H and O–H groups in total. The molecule has 0 aromatic heterocycles. The number of ether oxygens (including phenoxy) is 1. The van der Waals surface area contributed by atoms with Crippen LogP contribution >= 0.6 is 0 Å². The first-order valence-corrected chi connectivity index (χ1v) is 10.9. The maximum atomic E-state index is 13.1. The van der Waals surface area contributed by atoms with Gasteiger partial charge in [-0.15, -0.1) is 0 Å². The minimum Gasteiger partial charge on any atom is -0.381 e. The van der Waals surface area contributed by atoms with Crippen molar-refractivity contribution in [3.05, 3.63) is 34.9 Å². The number of hydrogen-bond acceptors (Lipinski definition) is 3. The third kappa shape index (κ3) is 4.94. The maximum absolute atomic E-state index is 13.1. The van der Waals surface area contributed by atoms with Crippen LogP contribution in [0.4, 0.5) is 13.2 Å². The van der Waals surface area contributed by atoms with Crippen molar-refractivity contribution in [3.63, 3.8) is 0 Å². The molecule has 0 spiro atoms. The smallest absolute Gasteiger partial charge is 0.381 e. The molecule has 1 aromatic carbocycles. The van der Waals surface area contributed by atoms with E-state index in [2.05, 4.69) is 17.2 Å². The van der Waals surface area contributed by atoms with E-state index in [0.29, 0.717) is 18.8 Å². The molecular weight excluding hydrogens is 393 g/mol. The molecule has 7 heteroatoms. The van der Waals surface area contributed by atoms with E-state index >= 15 is 0 Å². The molecule has 1 aromatic rings. The van der Waals surface area contributed by atoms with Gasteiger partial charge in [0, 0.05) is 35.9 Å². The number of halogens is 3. The second kappa shape index (κ2) is 8.42. The van der Waals surface area contributed by atoms with Gasteiger partial charge in [0.15, 0.2) is 0 Å². The van der Waals surface area contributed by atoms with Crippen molar-refractivity contribution >= 4 is 12.1 Å². The van der Waals surface area contributed by atoms with Crippen molar-refractivity contribution in [1.82, 2.24) is 5.32 Å². The molecule has 2 atom stereocenters. The van der Waals surface area contributed by atoms with Crippen LogP contribution in [0.1, 0.15) is 79.3 Å². The minimum atomic E-state index is -4.41. The number of rotatable bonds is 5. The lowest BCUT2D eigenvalue weighted by Gasteiger charge is -2.37. The molecule has 4 rings (SSSR count). The largest absolute Gasteiger partial charge is 0.416 e. The minimum absolute atomic E-state index is 0.0243. The Morgan fingerprint density at radius 2 is 1.97 bits per heavy atom. The molecule has 1 amide bonds. The van der Waals surface area contributed by atoms with Gasteiger partial charge < -0.3 is 10.1 Å². The van der Waals surface area contributed by atoms with E-state index in [4.69, 9.17) is 4.74 Å². The SMILES string of the molecule is CC1(N[C@@H]2CCOCC2C=NC(=O)c2ccc(C(F)(F)F)cc2C2CC2)CCCC1. The first-order chi connectivity index (χ1) is 14.3. The Kier molecular flexibility index (Phi) is 6.04. The van der Waals surface area contributed by atoms with Crippen LogP contribution in [0.5, 0.6) is 0 Å². The highest BCUT2D eigenvalue weighted by Crippen LogP contribution is 2.44. The normalized spacial score (nSPS) is 26.9. The van der Waals surface area contributed by atoms with Crippen molar-refractivity contribution in [3.8, 4) is 0 Å². The van der Waals surface area contributed by atoms with Gasteiger partial charge in [0.25, 0.3) is 5.91 Å². The summed E-state index contributed by atoms with van der Waals surface area (Å²) in [4.78, 5) is 16.9. The van der Waals surface area contributed by atoms with E-state index in [0.717, 1.165) is 44.2 Å². The Balaban J connectivity index is 1.49. The zero-order chi connectivity index (χ0) is 21.4. The first-order valence-electron chi connectivity index (χ1n) is 10.9. The monoisotopic (exact) mass is 422 g/mol. The third-order valence-corrected chi connectivity index (χ3v) is 6.65. The maximum Gasteiger partial charge on any atom is 0.416 e. The predicted octanol–water partition coefficient (Wildman–Crippen LogP) is 5.12. The van der Waals surface area contributed by atoms with E-state index in [9.17, 15) is 18.0 Å². The summed E-state index contributed by atoms with van der Waals surface area (Å²) >= 11 is 0. The van der Waals surface area contributed by atoms with Crippen LogP contribution < -0.4 is 5.32 Å². The Hall–Kier alpha value is -1.73. The number of amides is 1. The summed E-state index contributed by atoms with van der Waals surface area (Å²) in [5, 5.41) is 3.76. The first kappa shape index (κ1) is 21.5. The number of hydrogen-bond donors (Lipinski definition) is 1. The molecule has 4 nitrogen and oxygen atoms in total. The van der Waals surface area contributed by atoms with Crippen molar-refractivity contribution in [2.75, 3.05) is 13.2 Å². The zero-order valence-corrected chi connectivity index (χ0v) is 17.3. The lowest BCUT2D eigenvalue weighted by molar-refractivity contribution is -0.137. The highest BCUT2D eigenvalue weighted by atomic mass is 19.4. The Morgan fingerprint density at radius 1 is 1.23 bits per heavy atom. The van der Waals surface area contributed by atoms with Crippen molar-refractivity contribution in [2.45, 2.75) is 75.5 Å². The average Bonchev–Trinajstić information content (AvgIpc) is 3.47. The fourth-order valence-electron chi connectivity index (χ4n) is 4.73. The van der Waals surface area contributed by atoms with Crippen molar-refractivity contribution < 1.29 is 22.7 Å². The molecule has 164 valence electrons. The van der Waals surface area contributed by atoms with E-state index in [1.54, 1.807) is 6.21 Å². The van der Waals surface area contributed by atoms with Crippen molar-refractivity contribution in [2.24, 2.45) is 10.9 Å². The van der Waals surface area contributed by atoms with Crippen LogP contribution in [0.25, 0.3) is 0 Å². The Morgan fingerprint density at radius 3 is 2.63 bits per heavy atom. The van der Waals surface area contributed by atoms with Gasteiger partial charge in [-0.25, -0.2) is 4.99 Å². The van der Waals surface area contributed by atoms with Gasteiger partial charge in [0.1, 0.15) is 0 Å².